The molecule has 0 bridgehead atoms. The Kier molecular flexibility index (Phi) is 6.31. The number of amides is 1. The van der Waals surface area contributed by atoms with Gasteiger partial charge in [-0.2, -0.15) is 5.10 Å². The molecule has 3 N–H and O–H groups in total. The topological polar surface area (TPSA) is 91.2 Å². The number of benzene rings is 3. The van der Waals surface area contributed by atoms with Gasteiger partial charge < -0.3 is 14.9 Å². The van der Waals surface area contributed by atoms with Crippen molar-refractivity contribution in [1.29, 1.82) is 0 Å². The summed E-state index contributed by atoms with van der Waals surface area (Å²) >= 11 is 3.23. The average Bonchev–Trinajstić information content (AvgIpc) is 2.77. The molecule has 0 aliphatic carbocycles. The number of hydrogen-bond donors (Lipinski definition) is 3. The highest BCUT2D eigenvalue weighted by molar-refractivity contribution is 9.10. The summed E-state index contributed by atoms with van der Waals surface area (Å²) in [5.41, 5.74) is 1.58. The molecule has 0 spiro atoms. The summed E-state index contributed by atoms with van der Waals surface area (Å²) in [4.78, 5) is 13.0. The minimum atomic E-state index is -1.93. The van der Waals surface area contributed by atoms with E-state index >= 15 is 0 Å². The van der Waals surface area contributed by atoms with Crippen LogP contribution in [0.15, 0.2) is 82.4 Å². The molecular formula is C22H19BrN2O4. The lowest BCUT2D eigenvalue weighted by atomic mass is 9.85. The fraction of sp³-hybridized carbons (Fsp3) is 0.0909. The Morgan fingerprint density at radius 3 is 2.14 bits per heavy atom. The first-order chi connectivity index (χ1) is 14.0. The van der Waals surface area contributed by atoms with Crippen molar-refractivity contribution in [2.75, 3.05) is 7.11 Å². The molecule has 0 saturated carbocycles. The number of hydrazone groups is 1. The van der Waals surface area contributed by atoms with Gasteiger partial charge in [0.05, 0.1) is 17.8 Å². The van der Waals surface area contributed by atoms with Gasteiger partial charge >= 0.3 is 0 Å². The quantitative estimate of drug-likeness (QED) is 0.392. The smallest absolute Gasteiger partial charge is 0.281 e. The monoisotopic (exact) mass is 454 g/mol. The second-order valence-corrected chi connectivity index (χ2v) is 7.04. The number of phenolic OH excluding ortho intramolecular Hbond substituents is 1. The number of ether oxygens (including phenoxy) is 1. The number of nitrogens with one attached hydrogen (secondary N) is 1. The largest absolute Gasteiger partial charge is 0.506 e. The summed E-state index contributed by atoms with van der Waals surface area (Å²) < 4.78 is 5.58. The van der Waals surface area contributed by atoms with Gasteiger partial charge in [-0.1, -0.05) is 60.7 Å². The standard InChI is InChI=1S/C22H19BrN2O4/c1-29-18-12-15(20(26)19(23)13-18)14-24-25-21(27)22(28,16-8-4-2-5-9-16)17-10-6-3-7-11-17/h2-14,26,28H,1H3,(H,25,27)/b24-14+. The predicted molar refractivity (Wildman–Crippen MR) is 114 cm³/mol. The molecule has 0 atom stereocenters. The molecule has 148 valence electrons. The molecule has 0 unspecified atom stereocenters. The van der Waals surface area contributed by atoms with Gasteiger partial charge in [0.1, 0.15) is 11.5 Å². The van der Waals surface area contributed by atoms with Crippen LogP contribution in [0.5, 0.6) is 11.5 Å². The molecule has 0 fully saturated rings. The first-order valence-electron chi connectivity index (χ1n) is 8.70. The molecule has 0 radical (unpaired) electrons. The van der Waals surface area contributed by atoms with E-state index in [4.69, 9.17) is 4.74 Å². The lowest BCUT2D eigenvalue weighted by Crippen LogP contribution is -2.43. The maximum atomic E-state index is 13.0. The van der Waals surface area contributed by atoms with Crippen molar-refractivity contribution in [2.45, 2.75) is 5.60 Å². The summed E-state index contributed by atoms with van der Waals surface area (Å²) in [7, 11) is 1.50. The van der Waals surface area contributed by atoms with Gasteiger partial charge in [0.15, 0.2) is 5.60 Å². The molecule has 0 saturated heterocycles. The third-order valence-electron chi connectivity index (χ3n) is 4.38. The van der Waals surface area contributed by atoms with Crippen LogP contribution in [0.25, 0.3) is 0 Å². The highest BCUT2D eigenvalue weighted by Gasteiger charge is 2.39. The van der Waals surface area contributed by atoms with Gasteiger partial charge in [-0.3, -0.25) is 4.79 Å². The fourth-order valence-corrected chi connectivity index (χ4v) is 3.29. The van der Waals surface area contributed by atoms with Crippen LogP contribution in [0.2, 0.25) is 0 Å². The van der Waals surface area contributed by atoms with Gasteiger partial charge in [-0.15, -0.1) is 0 Å². The Morgan fingerprint density at radius 1 is 1.07 bits per heavy atom. The zero-order valence-corrected chi connectivity index (χ0v) is 17.1. The van der Waals surface area contributed by atoms with Crippen molar-refractivity contribution in [2.24, 2.45) is 5.10 Å². The van der Waals surface area contributed by atoms with Crippen LogP contribution < -0.4 is 10.2 Å². The summed E-state index contributed by atoms with van der Waals surface area (Å²) in [5, 5.41) is 25.4. The van der Waals surface area contributed by atoms with Crippen LogP contribution in [0.4, 0.5) is 0 Å². The van der Waals surface area contributed by atoms with Crippen LogP contribution in [0.1, 0.15) is 16.7 Å². The first-order valence-corrected chi connectivity index (χ1v) is 9.49. The minimum absolute atomic E-state index is 0.0508. The van der Waals surface area contributed by atoms with E-state index in [9.17, 15) is 15.0 Å². The fourth-order valence-electron chi connectivity index (χ4n) is 2.84. The highest BCUT2D eigenvalue weighted by atomic mass is 79.9. The molecule has 0 aliphatic heterocycles. The SMILES string of the molecule is COc1cc(Br)c(O)c(/C=N/NC(=O)C(O)(c2ccccc2)c2ccccc2)c1. The van der Waals surface area contributed by atoms with Crippen LogP contribution in [-0.2, 0) is 10.4 Å². The Bertz CT molecular complexity index is 984. The van der Waals surface area contributed by atoms with Crippen molar-refractivity contribution < 1.29 is 19.7 Å². The maximum Gasteiger partial charge on any atom is 0.281 e. The molecule has 3 aromatic rings. The molecule has 3 aromatic carbocycles. The van der Waals surface area contributed by atoms with Gasteiger partial charge in [0.2, 0.25) is 0 Å². The average molecular weight is 455 g/mol. The Labute approximate surface area is 176 Å². The van der Waals surface area contributed by atoms with Crippen molar-refractivity contribution >= 4 is 28.1 Å². The van der Waals surface area contributed by atoms with E-state index in [1.54, 1.807) is 72.8 Å². The highest BCUT2D eigenvalue weighted by Crippen LogP contribution is 2.32. The van der Waals surface area contributed by atoms with Crippen molar-refractivity contribution in [1.82, 2.24) is 5.43 Å². The second kappa shape index (κ2) is 8.89. The van der Waals surface area contributed by atoms with Crippen LogP contribution in [0.3, 0.4) is 0 Å². The van der Waals surface area contributed by atoms with Gasteiger partial charge in [-0.25, -0.2) is 5.43 Å². The lowest BCUT2D eigenvalue weighted by Gasteiger charge is -2.27. The molecule has 0 heterocycles. The number of carbonyl (C=O) groups is 1. The van der Waals surface area contributed by atoms with Crippen LogP contribution in [-0.4, -0.2) is 29.4 Å². The molecule has 0 aromatic heterocycles. The number of aromatic hydroxyl groups is 1. The number of rotatable bonds is 6. The van der Waals surface area contributed by atoms with Crippen LogP contribution in [0, 0.1) is 0 Å². The van der Waals surface area contributed by atoms with E-state index < -0.39 is 11.5 Å². The molecule has 3 rings (SSSR count). The number of aliphatic hydroxyl groups is 1. The van der Waals surface area contributed by atoms with E-state index in [2.05, 4.69) is 26.5 Å². The maximum absolute atomic E-state index is 13.0. The van der Waals surface area contributed by atoms with E-state index in [0.29, 0.717) is 26.9 Å². The van der Waals surface area contributed by atoms with E-state index in [-0.39, 0.29) is 5.75 Å². The zero-order chi connectivity index (χ0) is 20.9. The molecule has 6 nitrogen and oxygen atoms in total. The molecule has 1 amide bonds. The summed E-state index contributed by atoms with van der Waals surface area (Å²) in [6.45, 7) is 0. The number of halogens is 1. The first kappa shape index (κ1) is 20.6. The van der Waals surface area contributed by atoms with E-state index in [0.717, 1.165) is 0 Å². The number of carbonyl (C=O) groups excluding carboxylic acids is 1. The molecule has 0 aliphatic rings. The normalized spacial score (nSPS) is 11.4. The number of phenols is 1. The Morgan fingerprint density at radius 2 is 1.62 bits per heavy atom. The minimum Gasteiger partial charge on any atom is -0.506 e. The van der Waals surface area contributed by atoms with E-state index in [1.165, 1.54) is 13.3 Å². The van der Waals surface area contributed by atoms with E-state index in [1.807, 2.05) is 0 Å². The number of hydrogen-bond acceptors (Lipinski definition) is 5. The molecule has 29 heavy (non-hydrogen) atoms. The Balaban J connectivity index is 1.91. The van der Waals surface area contributed by atoms with Gasteiger partial charge in [-0.05, 0) is 39.2 Å². The predicted octanol–water partition coefficient (Wildman–Crippen LogP) is 3.55. The lowest BCUT2D eigenvalue weighted by molar-refractivity contribution is -0.136. The summed E-state index contributed by atoms with van der Waals surface area (Å²) in [6, 6.07) is 20.4. The molecular weight excluding hydrogens is 436 g/mol. The van der Waals surface area contributed by atoms with Gasteiger partial charge in [0, 0.05) is 5.56 Å². The Hall–Kier alpha value is -3.16. The third kappa shape index (κ3) is 4.31. The van der Waals surface area contributed by atoms with Crippen LogP contribution >= 0.6 is 15.9 Å². The zero-order valence-electron chi connectivity index (χ0n) is 15.5. The second-order valence-electron chi connectivity index (χ2n) is 6.19. The number of methoxy groups -OCH3 is 1. The van der Waals surface area contributed by atoms with Crippen molar-refractivity contribution in [3.63, 3.8) is 0 Å². The molecule has 7 heteroatoms. The van der Waals surface area contributed by atoms with Crippen molar-refractivity contribution in [3.8, 4) is 11.5 Å². The third-order valence-corrected chi connectivity index (χ3v) is 4.99. The summed E-state index contributed by atoms with van der Waals surface area (Å²) in [5.74, 6) is -0.273. The van der Waals surface area contributed by atoms with Gasteiger partial charge in [0.25, 0.3) is 5.91 Å². The van der Waals surface area contributed by atoms with Crippen molar-refractivity contribution in [3.05, 3.63) is 94.0 Å². The number of nitrogens with zero attached hydrogens (tertiary/aromatic N) is 1. The summed E-state index contributed by atoms with van der Waals surface area (Å²) in [6.07, 6.45) is 1.27.